The highest BCUT2D eigenvalue weighted by atomic mass is 32.2. The lowest BCUT2D eigenvalue weighted by Gasteiger charge is -2.37. The van der Waals surface area contributed by atoms with Gasteiger partial charge in [0.25, 0.3) is 0 Å². The van der Waals surface area contributed by atoms with Gasteiger partial charge in [0.2, 0.25) is 0 Å². The lowest BCUT2D eigenvalue weighted by molar-refractivity contribution is -0.274. The first-order chi connectivity index (χ1) is 20.9. The number of anilines is 1. The number of hydrogen-bond donors (Lipinski definition) is 1. The minimum absolute atomic E-state index is 0.215. The van der Waals surface area contributed by atoms with E-state index in [1.807, 2.05) is 31.2 Å². The number of aromatic nitrogens is 3. The van der Waals surface area contributed by atoms with E-state index in [0.29, 0.717) is 16.7 Å². The zero-order valence-corrected chi connectivity index (χ0v) is 25.8. The number of halogens is 3. The number of nitrogens with zero attached hydrogens (tertiary/aromatic N) is 5. The van der Waals surface area contributed by atoms with Crippen LogP contribution in [0.3, 0.4) is 0 Å². The van der Waals surface area contributed by atoms with Crippen molar-refractivity contribution in [3.63, 3.8) is 0 Å². The number of thioether (sulfide) groups is 1. The minimum atomic E-state index is -4.75. The third kappa shape index (κ3) is 7.24. The van der Waals surface area contributed by atoms with Crippen LogP contribution in [0.2, 0.25) is 0 Å². The predicted molar refractivity (Wildman–Crippen MR) is 168 cm³/mol. The number of rotatable bonds is 6. The fraction of sp³-hybridized carbons (Fsp3) is 0.312. The summed E-state index contributed by atoms with van der Waals surface area (Å²) in [4.78, 5) is 24.1. The Balaban J connectivity index is 1.26. The Morgan fingerprint density at radius 2 is 1.73 bits per heavy atom. The molecule has 1 aromatic heterocycles. The standard InChI is InChI=1S/C32H33F3N6O2S/c1-19-16-20(2)28(21(3)17-19)41-22(4)14-15-44-31(41)38-30(42)37-23(5)24-6-8-25(9-7-24)29-36-18-40(39-29)26-10-12-27(13-11-26)43-32(33,34)35/h6-13,16-18,22-23H,14-15H2,1-5H3,(H,37,42)/b38-31-. The number of ether oxygens (including phenoxy) is 1. The van der Waals surface area contributed by atoms with E-state index in [4.69, 9.17) is 0 Å². The number of amides is 2. The Labute approximate surface area is 258 Å². The molecule has 0 radical (unpaired) electrons. The van der Waals surface area contributed by atoms with Crippen LogP contribution in [-0.2, 0) is 0 Å². The molecule has 1 fully saturated rings. The van der Waals surface area contributed by atoms with Crippen molar-refractivity contribution in [2.24, 2.45) is 4.99 Å². The van der Waals surface area contributed by atoms with Crippen LogP contribution < -0.4 is 15.0 Å². The maximum absolute atomic E-state index is 13.1. The van der Waals surface area contributed by atoms with Crippen LogP contribution in [0.15, 0.2) is 72.0 Å². The average molecular weight is 623 g/mol. The molecule has 2 heterocycles. The second-order valence-corrected chi connectivity index (χ2v) is 11.9. The lowest BCUT2D eigenvalue weighted by Crippen LogP contribution is -2.43. The van der Waals surface area contributed by atoms with E-state index >= 15 is 0 Å². The van der Waals surface area contributed by atoms with Crippen molar-refractivity contribution in [1.82, 2.24) is 20.1 Å². The summed E-state index contributed by atoms with van der Waals surface area (Å²) in [7, 11) is 0. The SMILES string of the molecule is Cc1cc(C)c(N2/C(=N/C(=O)NC(C)c3ccc(-c4ncn(-c5ccc(OC(F)(F)F)cc5)n4)cc3)SCCC2C)c(C)c1. The van der Waals surface area contributed by atoms with Crippen LogP contribution in [0.1, 0.15) is 48.6 Å². The zero-order chi connectivity index (χ0) is 31.6. The topological polar surface area (TPSA) is 84.6 Å². The number of amidine groups is 1. The van der Waals surface area contributed by atoms with Gasteiger partial charge in [-0.15, -0.1) is 18.3 Å². The number of urea groups is 1. The second kappa shape index (κ2) is 12.7. The fourth-order valence-corrected chi connectivity index (χ4v) is 6.49. The predicted octanol–water partition coefficient (Wildman–Crippen LogP) is 7.92. The molecule has 1 aliphatic heterocycles. The van der Waals surface area contributed by atoms with Crippen molar-refractivity contribution < 1.29 is 22.7 Å². The van der Waals surface area contributed by atoms with Gasteiger partial charge in [0.1, 0.15) is 12.1 Å². The maximum Gasteiger partial charge on any atom is 0.573 e. The summed E-state index contributed by atoms with van der Waals surface area (Å²) in [5.74, 6) is 1.03. The van der Waals surface area contributed by atoms with Crippen LogP contribution in [0.5, 0.6) is 5.75 Å². The monoisotopic (exact) mass is 622 g/mol. The molecular weight excluding hydrogens is 589 g/mol. The van der Waals surface area contributed by atoms with Crippen LogP contribution >= 0.6 is 11.8 Å². The molecule has 3 aromatic carbocycles. The van der Waals surface area contributed by atoms with E-state index in [2.05, 4.69) is 69.9 Å². The third-order valence-electron chi connectivity index (χ3n) is 7.32. The highest BCUT2D eigenvalue weighted by Crippen LogP contribution is 2.35. The largest absolute Gasteiger partial charge is 0.573 e. The van der Waals surface area contributed by atoms with Crippen LogP contribution in [-0.4, -0.2) is 44.1 Å². The number of carbonyl (C=O) groups excluding carboxylic acids is 1. The van der Waals surface area contributed by atoms with Gasteiger partial charge in [-0.3, -0.25) is 0 Å². The number of aryl methyl sites for hydroxylation is 3. The number of nitrogens with one attached hydrogen (secondary N) is 1. The van der Waals surface area contributed by atoms with Gasteiger partial charge >= 0.3 is 12.4 Å². The first-order valence-electron chi connectivity index (χ1n) is 14.1. The summed E-state index contributed by atoms with van der Waals surface area (Å²) >= 11 is 1.59. The molecule has 230 valence electrons. The molecule has 1 aliphatic rings. The van der Waals surface area contributed by atoms with Crippen LogP contribution in [0, 0.1) is 20.8 Å². The number of benzene rings is 3. The van der Waals surface area contributed by atoms with E-state index in [-0.39, 0.29) is 17.8 Å². The molecule has 8 nitrogen and oxygen atoms in total. The van der Waals surface area contributed by atoms with E-state index in [9.17, 15) is 18.0 Å². The Bertz CT molecular complexity index is 1650. The van der Waals surface area contributed by atoms with Gasteiger partial charge < -0.3 is 15.0 Å². The van der Waals surface area contributed by atoms with Crippen molar-refractivity contribution in [3.05, 3.63) is 89.2 Å². The molecule has 1 saturated heterocycles. The van der Waals surface area contributed by atoms with E-state index in [0.717, 1.165) is 40.1 Å². The number of alkyl halides is 3. The third-order valence-corrected chi connectivity index (χ3v) is 8.31. The summed E-state index contributed by atoms with van der Waals surface area (Å²) in [5, 5.41) is 8.13. The molecule has 2 atom stereocenters. The van der Waals surface area contributed by atoms with E-state index in [1.54, 1.807) is 11.8 Å². The molecular formula is C32H33F3N6O2S. The molecule has 0 bridgehead atoms. The average Bonchev–Trinajstić information content (AvgIpc) is 3.44. The zero-order valence-electron chi connectivity index (χ0n) is 25.0. The molecule has 44 heavy (non-hydrogen) atoms. The summed E-state index contributed by atoms with van der Waals surface area (Å²) in [6.45, 7) is 10.3. The van der Waals surface area contributed by atoms with Crippen molar-refractivity contribution in [3.8, 4) is 22.8 Å². The van der Waals surface area contributed by atoms with E-state index < -0.39 is 12.4 Å². The molecule has 2 amide bonds. The molecule has 0 spiro atoms. The van der Waals surface area contributed by atoms with Crippen LogP contribution in [0.25, 0.3) is 17.1 Å². The summed E-state index contributed by atoms with van der Waals surface area (Å²) < 4.78 is 42.7. The van der Waals surface area contributed by atoms with Crippen molar-refractivity contribution >= 4 is 28.6 Å². The van der Waals surface area contributed by atoms with Gasteiger partial charge in [0.15, 0.2) is 11.0 Å². The number of carbonyl (C=O) groups is 1. The maximum atomic E-state index is 13.1. The van der Waals surface area contributed by atoms with Crippen LogP contribution in [0.4, 0.5) is 23.7 Å². The van der Waals surface area contributed by atoms with Gasteiger partial charge in [0.05, 0.1) is 11.7 Å². The van der Waals surface area contributed by atoms with Gasteiger partial charge in [-0.25, -0.2) is 14.5 Å². The number of aliphatic imine (C=N–C) groups is 1. The van der Waals surface area contributed by atoms with Crippen molar-refractivity contribution in [2.45, 2.75) is 59.5 Å². The Morgan fingerprint density at radius 1 is 1.07 bits per heavy atom. The highest BCUT2D eigenvalue weighted by Gasteiger charge is 2.31. The molecule has 4 aromatic rings. The van der Waals surface area contributed by atoms with Crippen molar-refractivity contribution in [2.75, 3.05) is 10.7 Å². The fourth-order valence-electron chi connectivity index (χ4n) is 5.29. The van der Waals surface area contributed by atoms with Gasteiger partial charge in [-0.1, -0.05) is 53.7 Å². The molecule has 1 N–H and O–H groups in total. The Hall–Kier alpha value is -4.32. The first-order valence-corrected chi connectivity index (χ1v) is 15.1. The van der Waals surface area contributed by atoms with E-state index in [1.165, 1.54) is 40.8 Å². The molecule has 0 saturated carbocycles. The lowest BCUT2D eigenvalue weighted by atomic mass is 10.0. The van der Waals surface area contributed by atoms with Gasteiger partial charge in [0, 0.05) is 23.0 Å². The number of hydrogen-bond acceptors (Lipinski definition) is 5. The molecule has 2 unspecified atom stereocenters. The Kier molecular flexibility index (Phi) is 9.00. The first kappa shape index (κ1) is 31.1. The smallest absolute Gasteiger partial charge is 0.406 e. The normalized spacial score (nSPS) is 17.0. The van der Waals surface area contributed by atoms with Gasteiger partial charge in [-0.2, -0.15) is 4.99 Å². The highest BCUT2D eigenvalue weighted by molar-refractivity contribution is 8.14. The molecule has 0 aliphatic carbocycles. The minimum Gasteiger partial charge on any atom is -0.406 e. The summed E-state index contributed by atoms with van der Waals surface area (Å²) in [6.07, 6.45) is -2.27. The van der Waals surface area contributed by atoms with Gasteiger partial charge in [-0.05, 0) is 82.0 Å². The quantitative estimate of drug-likeness (QED) is 0.235. The summed E-state index contributed by atoms with van der Waals surface area (Å²) in [5.41, 5.74) is 6.79. The Morgan fingerprint density at radius 3 is 2.36 bits per heavy atom. The van der Waals surface area contributed by atoms with Crippen molar-refractivity contribution in [1.29, 1.82) is 0 Å². The second-order valence-electron chi connectivity index (χ2n) is 10.8. The molecule has 12 heteroatoms. The molecule has 5 rings (SSSR count). The summed E-state index contributed by atoms with van der Waals surface area (Å²) in [6, 6.07) is 16.7.